The molecule has 100 valence electrons. The van der Waals surface area contributed by atoms with Crippen molar-refractivity contribution in [2.75, 3.05) is 7.11 Å². The zero-order chi connectivity index (χ0) is 13.6. The Labute approximate surface area is 111 Å². The smallest absolute Gasteiger partial charge is 0.152 e. The number of aliphatic hydroxyl groups is 1. The maximum Gasteiger partial charge on any atom is 0.152 e. The van der Waals surface area contributed by atoms with Gasteiger partial charge in [0.1, 0.15) is 5.75 Å². The molecular formula is C15H17NO3. The van der Waals surface area contributed by atoms with Gasteiger partial charge < -0.3 is 14.4 Å². The molecule has 1 aromatic carbocycles. The van der Waals surface area contributed by atoms with Crippen molar-refractivity contribution < 1.29 is 14.6 Å². The Balaban J connectivity index is 2.43. The van der Waals surface area contributed by atoms with Gasteiger partial charge in [-0.3, -0.25) is 4.79 Å². The van der Waals surface area contributed by atoms with Gasteiger partial charge in [0.05, 0.1) is 24.4 Å². The van der Waals surface area contributed by atoms with Crippen molar-refractivity contribution in [2.24, 2.45) is 0 Å². The molecule has 1 unspecified atom stereocenters. The highest BCUT2D eigenvalue weighted by Gasteiger charge is 2.29. The van der Waals surface area contributed by atoms with Crippen molar-refractivity contribution >= 4 is 17.2 Å². The molecule has 1 aliphatic rings. The summed E-state index contributed by atoms with van der Waals surface area (Å²) < 4.78 is 7.39. The quantitative estimate of drug-likeness (QED) is 0.861. The Morgan fingerprint density at radius 3 is 2.95 bits per heavy atom. The van der Waals surface area contributed by atoms with Crippen LogP contribution in [0.1, 0.15) is 41.1 Å². The second-order valence-corrected chi connectivity index (χ2v) is 4.91. The largest absolute Gasteiger partial charge is 0.497 e. The molecule has 0 saturated heterocycles. The Morgan fingerprint density at radius 2 is 2.32 bits per heavy atom. The van der Waals surface area contributed by atoms with E-state index in [4.69, 9.17) is 4.74 Å². The first kappa shape index (κ1) is 12.2. The standard InChI is InChI=1S/C15H17NO3/c1-3-9-6-10(19-2)7-11-12(8-17)15-13(18)4-5-16(15)14(9)11/h6-8,13,18H,3-5H2,1-2H3. The topological polar surface area (TPSA) is 51.5 Å². The van der Waals surface area contributed by atoms with Crippen LogP contribution in [0.3, 0.4) is 0 Å². The fraction of sp³-hybridized carbons (Fsp3) is 0.400. The van der Waals surface area contributed by atoms with Gasteiger partial charge in [-0.2, -0.15) is 0 Å². The molecule has 1 atom stereocenters. The SMILES string of the molecule is CCc1cc(OC)cc2c(C=O)c3n(c12)CCC3O. The molecule has 0 amide bonds. The molecule has 1 aliphatic heterocycles. The first-order valence-corrected chi connectivity index (χ1v) is 6.57. The first-order chi connectivity index (χ1) is 9.21. The lowest BCUT2D eigenvalue weighted by Gasteiger charge is -2.08. The molecule has 3 rings (SSSR count). The van der Waals surface area contributed by atoms with Gasteiger partial charge in [0.15, 0.2) is 6.29 Å². The van der Waals surface area contributed by atoms with Crippen LogP contribution < -0.4 is 4.74 Å². The Morgan fingerprint density at radius 1 is 1.53 bits per heavy atom. The normalized spacial score (nSPS) is 17.7. The Kier molecular flexibility index (Phi) is 2.82. The summed E-state index contributed by atoms with van der Waals surface area (Å²) in [5, 5.41) is 11.0. The highest BCUT2D eigenvalue weighted by molar-refractivity contribution is 6.01. The number of benzene rings is 1. The van der Waals surface area contributed by atoms with Gasteiger partial charge in [0.2, 0.25) is 0 Å². The third-order valence-corrected chi connectivity index (χ3v) is 3.97. The van der Waals surface area contributed by atoms with E-state index in [1.165, 1.54) is 0 Å². The van der Waals surface area contributed by atoms with Crippen LogP contribution in [-0.2, 0) is 13.0 Å². The van der Waals surface area contributed by atoms with Crippen LogP contribution in [0.15, 0.2) is 12.1 Å². The molecule has 2 heterocycles. The minimum absolute atomic E-state index is 0.539. The number of hydrogen-bond acceptors (Lipinski definition) is 3. The molecule has 0 aliphatic carbocycles. The molecule has 19 heavy (non-hydrogen) atoms. The maximum absolute atomic E-state index is 11.4. The number of aryl methyl sites for hydroxylation is 2. The second kappa shape index (κ2) is 4.38. The van der Waals surface area contributed by atoms with Gasteiger partial charge in [0.25, 0.3) is 0 Å². The van der Waals surface area contributed by atoms with Crippen LogP contribution in [0.25, 0.3) is 10.9 Å². The predicted octanol–water partition coefficient (Wildman–Crippen LogP) is 2.46. The number of hydrogen-bond donors (Lipinski definition) is 1. The monoisotopic (exact) mass is 259 g/mol. The summed E-state index contributed by atoms with van der Waals surface area (Å²) in [6.45, 7) is 2.85. The molecule has 0 fully saturated rings. The number of carbonyl (C=O) groups excluding carboxylic acids is 1. The molecule has 0 saturated carbocycles. The molecule has 1 N–H and O–H groups in total. The molecular weight excluding hydrogens is 242 g/mol. The van der Waals surface area contributed by atoms with Crippen molar-refractivity contribution in [3.8, 4) is 5.75 Å². The summed E-state index contributed by atoms with van der Waals surface area (Å²) in [5.74, 6) is 0.756. The van der Waals surface area contributed by atoms with E-state index in [0.717, 1.165) is 47.2 Å². The number of nitrogens with zero attached hydrogens (tertiary/aromatic N) is 1. The third-order valence-electron chi connectivity index (χ3n) is 3.97. The van der Waals surface area contributed by atoms with E-state index in [9.17, 15) is 9.90 Å². The van der Waals surface area contributed by atoms with E-state index in [0.29, 0.717) is 12.0 Å². The molecule has 4 nitrogen and oxygen atoms in total. The summed E-state index contributed by atoms with van der Waals surface area (Å²) in [5.41, 5.74) is 3.58. The van der Waals surface area contributed by atoms with E-state index in [1.54, 1.807) is 7.11 Å². The Hall–Kier alpha value is -1.81. The molecule has 2 aromatic rings. The minimum Gasteiger partial charge on any atom is -0.497 e. The average molecular weight is 259 g/mol. The summed E-state index contributed by atoms with van der Waals surface area (Å²) in [4.78, 5) is 11.4. The van der Waals surface area contributed by atoms with Crippen LogP contribution in [-0.4, -0.2) is 23.1 Å². The van der Waals surface area contributed by atoms with Gasteiger partial charge in [-0.1, -0.05) is 6.92 Å². The fourth-order valence-corrected chi connectivity index (χ4v) is 3.08. The van der Waals surface area contributed by atoms with Crippen LogP contribution >= 0.6 is 0 Å². The highest BCUT2D eigenvalue weighted by Crippen LogP contribution is 2.39. The average Bonchev–Trinajstić information content (AvgIpc) is 2.95. The second-order valence-electron chi connectivity index (χ2n) is 4.91. The minimum atomic E-state index is -0.539. The number of carbonyl (C=O) groups is 1. The first-order valence-electron chi connectivity index (χ1n) is 6.57. The van der Waals surface area contributed by atoms with E-state index >= 15 is 0 Å². The third kappa shape index (κ3) is 1.60. The van der Waals surface area contributed by atoms with Gasteiger partial charge in [-0.25, -0.2) is 0 Å². The lowest BCUT2D eigenvalue weighted by atomic mass is 10.0. The predicted molar refractivity (Wildman–Crippen MR) is 72.8 cm³/mol. The number of fused-ring (bicyclic) bond motifs is 3. The maximum atomic E-state index is 11.4. The van der Waals surface area contributed by atoms with E-state index in [2.05, 4.69) is 11.5 Å². The summed E-state index contributed by atoms with van der Waals surface area (Å²) in [7, 11) is 1.62. The molecule has 0 radical (unpaired) electrons. The Bertz CT molecular complexity index is 657. The van der Waals surface area contributed by atoms with Crippen LogP contribution in [0.2, 0.25) is 0 Å². The van der Waals surface area contributed by atoms with E-state index in [-0.39, 0.29) is 0 Å². The van der Waals surface area contributed by atoms with Gasteiger partial charge >= 0.3 is 0 Å². The number of rotatable bonds is 3. The van der Waals surface area contributed by atoms with E-state index < -0.39 is 6.10 Å². The van der Waals surface area contributed by atoms with Gasteiger partial charge in [-0.05, 0) is 30.5 Å². The number of methoxy groups -OCH3 is 1. The van der Waals surface area contributed by atoms with Gasteiger partial charge in [0, 0.05) is 17.5 Å². The van der Waals surface area contributed by atoms with Crippen molar-refractivity contribution in [1.29, 1.82) is 0 Å². The number of aliphatic hydroxyl groups excluding tert-OH is 1. The van der Waals surface area contributed by atoms with Crippen LogP contribution in [0, 0.1) is 0 Å². The van der Waals surface area contributed by atoms with Crippen molar-refractivity contribution in [2.45, 2.75) is 32.4 Å². The van der Waals surface area contributed by atoms with Gasteiger partial charge in [-0.15, -0.1) is 0 Å². The number of ether oxygens (including phenoxy) is 1. The lowest BCUT2D eigenvalue weighted by molar-refractivity contribution is 0.111. The van der Waals surface area contributed by atoms with Crippen molar-refractivity contribution in [1.82, 2.24) is 4.57 Å². The molecule has 4 heteroatoms. The van der Waals surface area contributed by atoms with Crippen LogP contribution in [0.5, 0.6) is 5.75 Å². The number of aldehydes is 1. The van der Waals surface area contributed by atoms with Crippen molar-refractivity contribution in [3.05, 3.63) is 29.0 Å². The molecule has 0 spiro atoms. The zero-order valence-electron chi connectivity index (χ0n) is 11.1. The molecule has 1 aromatic heterocycles. The summed E-state index contributed by atoms with van der Waals surface area (Å²) >= 11 is 0. The zero-order valence-corrected chi connectivity index (χ0v) is 11.1. The van der Waals surface area contributed by atoms with Crippen molar-refractivity contribution in [3.63, 3.8) is 0 Å². The lowest BCUT2D eigenvalue weighted by Crippen LogP contribution is -1.97. The van der Waals surface area contributed by atoms with Crippen LogP contribution in [0.4, 0.5) is 0 Å². The highest BCUT2D eigenvalue weighted by atomic mass is 16.5. The fourth-order valence-electron chi connectivity index (χ4n) is 3.08. The summed E-state index contributed by atoms with van der Waals surface area (Å²) in [6.07, 6.45) is 1.86. The molecule has 0 bridgehead atoms. The number of aromatic nitrogens is 1. The van der Waals surface area contributed by atoms with E-state index in [1.807, 2.05) is 12.1 Å². The summed E-state index contributed by atoms with van der Waals surface area (Å²) in [6, 6.07) is 3.89.